The average molecular weight is 355 g/mol. The van der Waals surface area contributed by atoms with Gasteiger partial charge in [-0.3, -0.25) is 10.1 Å². The first-order valence-corrected chi connectivity index (χ1v) is 6.42. The van der Waals surface area contributed by atoms with Gasteiger partial charge in [-0.2, -0.15) is 0 Å². The lowest BCUT2D eigenvalue weighted by Gasteiger charge is -2.11. The van der Waals surface area contributed by atoms with E-state index in [4.69, 9.17) is 5.11 Å². The van der Waals surface area contributed by atoms with Crippen molar-refractivity contribution in [1.29, 1.82) is 0 Å². The van der Waals surface area contributed by atoms with E-state index < -0.39 is 22.4 Å². The summed E-state index contributed by atoms with van der Waals surface area (Å²) in [5.74, 6) is -2.01. The van der Waals surface area contributed by atoms with Gasteiger partial charge in [0.05, 0.1) is 16.2 Å². The lowest BCUT2D eigenvalue weighted by molar-refractivity contribution is -0.383. The molecule has 2 N–H and O–H groups in total. The van der Waals surface area contributed by atoms with Crippen molar-refractivity contribution < 1.29 is 19.2 Å². The van der Waals surface area contributed by atoms with Crippen LogP contribution in [0.5, 0.6) is 0 Å². The van der Waals surface area contributed by atoms with E-state index in [2.05, 4.69) is 21.2 Å². The van der Waals surface area contributed by atoms with Crippen LogP contribution in [0.1, 0.15) is 10.4 Å². The number of carbonyl (C=O) groups is 1. The largest absolute Gasteiger partial charge is 0.478 e. The third kappa shape index (κ3) is 3.16. The summed E-state index contributed by atoms with van der Waals surface area (Å²) in [5, 5.41) is 22.6. The Labute approximate surface area is 126 Å². The SMILES string of the molecule is O=C(O)c1cccc([N+](=O)[O-])c1Nc1cc(Br)ccc1F. The molecule has 0 radical (unpaired) electrons. The van der Waals surface area contributed by atoms with E-state index in [0.717, 1.165) is 12.1 Å². The molecule has 0 aliphatic heterocycles. The molecule has 108 valence electrons. The van der Waals surface area contributed by atoms with Gasteiger partial charge in [0.1, 0.15) is 11.5 Å². The second kappa shape index (κ2) is 5.88. The predicted molar refractivity (Wildman–Crippen MR) is 77.4 cm³/mol. The molecule has 0 unspecified atom stereocenters. The van der Waals surface area contributed by atoms with Crippen LogP contribution in [-0.2, 0) is 0 Å². The van der Waals surface area contributed by atoms with Crippen LogP contribution < -0.4 is 5.32 Å². The molecule has 0 aliphatic carbocycles. The maximum atomic E-state index is 13.7. The highest BCUT2D eigenvalue weighted by Crippen LogP contribution is 2.33. The summed E-state index contributed by atoms with van der Waals surface area (Å²) in [6.07, 6.45) is 0. The number of nitrogens with one attached hydrogen (secondary N) is 1. The minimum absolute atomic E-state index is 0.0684. The number of halogens is 2. The van der Waals surface area contributed by atoms with Crippen molar-refractivity contribution >= 4 is 39.0 Å². The Kier molecular flexibility index (Phi) is 4.18. The van der Waals surface area contributed by atoms with E-state index in [-0.39, 0.29) is 16.9 Å². The zero-order chi connectivity index (χ0) is 15.6. The maximum Gasteiger partial charge on any atom is 0.338 e. The number of anilines is 2. The van der Waals surface area contributed by atoms with Gasteiger partial charge in [0.15, 0.2) is 0 Å². The third-order valence-electron chi connectivity index (χ3n) is 2.66. The number of nitrogens with zero attached hydrogens (tertiary/aromatic N) is 1. The van der Waals surface area contributed by atoms with Gasteiger partial charge in [0.25, 0.3) is 5.69 Å². The van der Waals surface area contributed by atoms with E-state index in [9.17, 15) is 19.3 Å². The molecule has 2 aromatic carbocycles. The number of benzene rings is 2. The zero-order valence-corrected chi connectivity index (χ0v) is 11.9. The van der Waals surface area contributed by atoms with E-state index in [0.29, 0.717) is 4.47 Å². The van der Waals surface area contributed by atoms with Crippen molar-refractivity contribution in [3.05, 3.63) is 62.4 Å². The third-order valence-corrected chi connectivity index (χ3v) is 3.15. The summed E-state index contributed by atoms with van der Waals surface area (Å²) in [5.41, 5.74) is -1.11. The van der Waals surface area contributed by atoms with Crippen molar-refractivity contribution in [1.82, 2.24) is 0 Å². The van der Waals surface area contributed by atoms with Crippen LogP contribution in [-0.4, -0.2) is 16.0 Å². The quantitative estimate of drug-likeness (QED) is 0.640. The lowest BCUT2D eigenvalue weighted by Crippen LogP contribution is -2.06. The summed E-state index contributed by atoms with van der Waals surface area (Å²) in [6, 6.07) is 7.57. The van der Waals surface area contributed by atoms with Crippen molar-refractivity contribution in [2.45, 2.75) is 0 Å². The van der Waals surface area contributed by atoms with Crippen LogP contribution in [0.4, 0.5) is 21.5 Å². The molecule has 2 rings (SSSR count). The minimum atomic E-state index is -1.35. The molecule has 0 bridgehead atoms. The molecular formula is C13H8BrFN2O4. The minimum Gasteiger partial charge on any atom is -0.478 e. The number of hydrogen-bond acceptors (Lipinski definition) is 4. The number of aromatic carboxylic acids is 1. The lowest BCUT2D eigenvalue weighted by atomic mass is 10.1. The number of carboxylic acid groups (broad SMARTS) is 1. The highest BCUT2D eigenvalue weighted by atomic mass is 79.9. The predicted octanol–water partition coefficient (Wildman–Crippen LogP) is 3.94. The Morgan fingerprint density at radius 2 is 2.05 bits per heavy atom. The van der Waals surface area contributed by atoms with Gasteiger partial charge >= 0.3 is 5.97 Å². The Hall–Kier alpha value is -2.48. The molecule has 0 saturated heterocycles. The average Bonchev–Trinajstić information content (AvgIpc) is 2.42. The molecule has 0 heterocycles. The number of nitro benzene ring substituents is 1. The molecular weight excluding hydrogens is 347 g/mol. The fraction of sp³-hybridized carbons (Fsp3) is 0. The number of para-hydroxylation sites is 1. The van der Waals surface area contributed by atoms with Crippen LogP contribution in [0, 0.1) is 15.9 Å². The maximum absolute atomic E-state index is 13.7. The molecule has 0 fully saturated rings. The monoisotopic (exact) mass is 354 g/mol. The molecule has 0 saturated carbocycles. The Morgan fingerprint density at radius 1 is 1.33 bits per heavy atom. The van der Waals surface area contributed by atoms with E-state index in [1.54, 1.807) is 0 Å². The molecule has 0 spiro atoms. The molecule has 21 heavy (non-hydrogen) atoms. The topological polar surface area (TPSA) is 92.5 Å². The molecule has 2 aromatic rings. The summed E-state index contributed by atoms with van der Waals surface area (Å²) >= 11 is 3.15. The Morgan fingerprint density at radius 3 is 2.67 bits per heavy atom. The standard InChI is InChI=1S/C13H8BrFN2O4/c14-7-4-5-9(15)10(6-7)16-12-8(13(18)19)2-1-3-11(12)17(20)21/h1-6,16H,(H,18,19). The molecule has 0 aromatic heterocycles. The van der Waals surface area contributed by atoms with Gasteiger partial charge in [0.2, 0.25) is 0 Å². The van der Waals surface area contributed by atoms with Crippen molar-refractivity contribution in [2.75, 3.05) is 5.32 Å². The smallest absolute Gasteiger partial charge is 0.338 e. The molecule has 6 nitrogen and oxygen atoms in total. The number of carboxylic acids is 1. The Balaban J connectivity index is 2.59. The van der Waals surface area contributed by atoms with Gasteiger partial charge in [-0.1, -0.05) is 22.0 Å². The van der Waals surface area contributed by atoms with Crippen molar-refractivity contribution in [3.63, 3.8) is 0 Å². The number of hydrogen-bond donors (Lipinski definition) is 2. The molecule has 0 amide bonds. The van der Waals surface area contributed by atoms with Crippen molar-refractivity contribution in [2.24, 2.45) is 0 Å². The van der Waals surface area contributed by atoms with E-state index in [1.165, 1.54) is 24.3 Å². The number of nitro groups is 1. The van der Waals surface area contributed by atoms with Gasteiger partial charge in [-0.15, -0.1) is 0 Å². The zero-order valence-electron chi connectivity index (χ0n) is 10.3. The second-order valence-corrected chi connectivity index (χ2v) is 4.93. The fourth-order valence-electron chi connectivity index (χ4n) is 1.73. The van der Waals surface area contributed by atoms with Crippen LogP contribution in [0.15, 0.2) is 40.9 Å². The Bertz CT molecular complexity index is 704. The van der Waals surface area contributed by atoms with Crippen LogP contribution >= 0.6 is 15.9 Å². The second-order valence-electron chi connectivity index (χ2n) is 4.01. The summed E-state index contributed by atoms with van der Waals surface area (Å²) < 4.78 is 14.3. The van der Waals surface area contributed by atoms with Gasteiger partial charge in [0, 0.05) is 10.5 Å². The normalized spacial score (nSPS) is 10.2. The van der Waals surface area contributed by atoms with Gasteiger partial charge in [-0.05, 0) is 24.3 Å². The summed E-state index contributed by atoms with van der Waals surface area (Å²) in [6.45, 7) is 0. The molecule has 0 aliphatic rings. The molecule has 8 heteroatoms. The van der Waals surface area contributed by atoms with E-state index in [1.807, 2.05) is 0 Å². The summed E-state index contributed by atoms with van der Waals surface area (Å²) in [7, 11) is 0. The highest BCUT2D eigenvalue weighted by molar-refractivity contribution is 9.10. The summed E-state index contributed by atoms with van der Waals surface area (Å²) in [4.78, 5) is 21.4. The highest BCUT2D eigenvalue weighted by Gasteiger charge is 2.22. The van der Waals surface area contributed by atoms with Gasteiger partial charge in [-0.25, -0.2) is 9.18 Å². The van der Waals surface area contributed by atoms with Crippen LogP contribution in [0.2, 0.25) is 0 Å². The number of rotatable bonds is 4. The van der Waals surface area contributed by atoms with Crippen molar-refractivity contribution in [3.8, 4) is 0 Å². The van der Waals surface area contributed by atoms with Crippen LogP contribution in [0.25, 0.3) is 0 Å². The first-order chi connectivity index (χ1) is 9.90. The first kappa shape index (κ1) is 14.9. The van der Waals surface area contributed by atoms with Gasteiger partial charge < -0.3 is 10.4 Å². The van der Waals surface area contributed by atoms with E-state index >= 15 is 0 Å². The van der Waals surface area contributed by atoms with Crippen LogP contribution in [0.3, 0.4) is 0 Å². The first-order valence-electron chi connectivity index (χ1n) is 5.63. The molecule has 0 atom stereocenters. The fourth-order valence-corrected chi connectivity index (χ4v) is 2.09.